The zero-order valence-corrected chi connectivity index (χ0v) is 11.5. The molecule has 1 fully saturated rings. The van der Waals surface area contributed by atoms with Crippen molar-refractivity contribution in [3.63, 3.8) is 0 Å². The summed E-state index contributed by atoms with van der Waals surface area (Å²) in [5, 5.41) is 3.61. The second-order valence-electron chi connectivity index (χ2n) is 5.56. The van der Waals surface area contributed by atoms with Crippen molar-refractivity contribution in [1.29, 1.82) is 0 Å². The van der Waals surface area contributed by atoms with Crippen LogP contribution < -0.4 is 15.8 Å². The summed E-state index contributed by atoms with van der Waals surface area (Å²) in [6.07, 6.45) is 2.40. The van der Waals surface area contributed by atoms with Gasteiger partial charge in [-0.05, 0) is 51.3 Å². The Morgan fingerprint density at radius 3 is 2.61 bits per heavy atom. The van der Waals surface area contributed by atoms with E-state index in [4.69, 9.17) is 10.5 Å². The van der Waals surface area contributed by atoms with Gasteiger partial charge in [0.2, 0.25) is 0 Å². The summed E-state index contributed by atoms with van der Waals surface area (Å²) < 4.78 is 5.72. The van der Waals surface area contributed by atoms with Gasteiger partial charge in [0.15, 0.2) is 0 Å². The topological polar surface area (TPSA) is 47.3 Å². The molecule has 1 aromatic rings. The van der Waals surface area contributed by atoms with Gasteiger partial charge in [-0.25, -0.2) is 0 Å². The number of ether oxygens (including phenoxy) is 1. The van der Waals surface area contributed by atoms with Gasteiger partial charge < -0.3 is 15.8 Å². The Morgan fingerprint density at radius 1 is 1.28 bits per heavy atom. The van der Waals surface area contributed by atoms with Gasteiger partial charge in [0, 0.05) is 18.1 Å². The maximum Gasteiger partial charge on any atom is 0.120 e. The minimum atomic E-state index is 0.216. The third kappa shape index (κ3) is 3.47. The Morgan fingerprint density at radius 2 is 2.00 bits per heavy atom. The highest BCUT2D eigenvalue weighted by Crippen LogP contribution is 2.24. The van der Waals surface area contributed by atoms with Gasteiger partial charge in [-0.15, -0.1) is 0 Å². The average Bonchev–Trinajstić information content (AvgIpc) is 2.26. The lowest BCUT2D eigenvalue weighted by Gasteiger charge is -2.35. The molecule has 100 valence electrons. The molecule has 0 aromatic heterocycles. The summed E-state index contributed by atoms with van der Waals surface area (Å²) >= 11 is 0. The molecular weight excluding hydrogens is 224 g/mol. The van der Waals surface area contributed by atoms with Crippen LogP contribution in [0.2, 0.25) is 0 Å². The molecule has 0 amide bonds. The number of nitrogens with two attached hydrogens (primary N) is 1. The van der Waals surface area contributed by atoms with Crippen molar-refractivity contribution in [3.8, 4) is 5.75 Å². The predicted octanol–water partition coefficient (Wildman–Crippen LogP) is 2.61. The van der Waals surface area contributed by atoms with Gasteiger partial charge >= 0.3 is 0 Å². The molecule has 1 atom stereocenters. The van der Waals surface area contributed by atoms with E-state index in [0.29, 0.717) is 18.1 Å². The fourth-order valence-corrected chi connectivity index (χ4v) is 2.38. The molecule has 3 N–H and O–H groups in total. The fraction of sp³-hybridized carbons (Fsp3) is 0.600. The number of benzene rings is 1. The molecule has 1 saturated carbocycles. The van der Waals surface area contributed by atoms with E-state index in [2.05, 4.69) is 30.4 Å². The van der Waals surface area contributed by atoms with Crippen molar-refractivity contribution in [1.82, 2.24) is 5.32 Å². The molecule has 1 aliphatic carbocycles. The Bertz CT molecular complexity index is 386. The van der Waals surface area contributed by atoms with E-state index in [0.717, 1.165) is 18.6 Å². The van der Waals surface area contributed by atoms with Crippen LogP contribution >= 0.6 is 0 Å². The highest BCUT2D eigenvalue weighted by molar-refractivity contribution is 5.30. The van der Waals surface area contributed by atoms with E-state index in [-0.39, 0.29) is 6.10 Å². The zero-order valence-electron chi connectivity index (χ0n) is 11.5. The van der Waals surface area contributed by atoms with Crippen molar-refractivity contribution in [2.75, 3.05) is 0 Å². The van der Waals surface area contributed by atoms with Crippen molar-refractivity contribution in [2.45, 2.75) is 57.8 Å². The predicted molar refractivity (Wildman–Crippen MR) is 74.8 cm³/mol. The van der Waals surface area contributed by atoms with Crippen LogP contribution in [0.15, 0.2) is 24.3 Å². The molecule has 1 unspecified atom stereocenters. The van der Waals surface area contributed by atoms with Crippen LogP contribution in [-0.2, 0) is 0 Å². The van der Waals surface area contributed by atoms with Crippen molar-refractivity contribution < 1.29 is 4.74 Å². The first-order valence-electron chi connectivity index (χ1n) is 6.83. The average molecular weight is 248 g/mol. The van der Waals surface area contributed by atoms with Gasteiger partial charge in [0.1, 0.15) is 5.75 Å². The molecule has 0 radical (unpaired) electrons. The normalized spacial score (nSPS) is 24.7. The third-order valence-electron chi connectivity index (χ3n) is 3.39. The Hall–Kier alpha value is -1.06. The van der Waals surface area contributed by atoms with E-state index in [1.54, 1.807) is 0 Å². The molecule has 0 heterocycles. The van der Waals surface area contributed by atoms with Crippen LogP contribution in [0.4, 0.5) is 0 Å². The molecule has 0 aliphatic heterocycles. The third-order valence-corrected chi connectivity index (χ3v) is 3.39. The first-order valence-corrected chi connectivity index (χ1v) is 6.83. The Kier molecular flexibility index (Phi) is 4.25. The van der Waals surface area contributed by atoms with E-state index in [9.17, 15) is 0 Å². The van der Waals surface area contributed by atoms with Gasteiger partial charge in [-0.1, -0.05) is 12.1 Å². The summed E-state index contributed by atoms with van der Waals surface area (Å²) in [4.78, 5) is 0. The van der Waals surface area contributed by atoms with Crippen LogP contribution in [0.3, 0.4) is 0 Å². The minimum Gasteiger partial charge on any atom is -0.491 e. The molecule has 1 aromatic carbocycles. The molecule has 18 heavy (non-hydrogen) atoms. The number of hydrogen-bond donors (Lipinski definition) is 2. The van der Waals surface area contributed by atoms with E-state index < -0.39 is 0 Å². The van der Waals surface area contributed by atoms with Crippen molar-refractivity contribution >= 4 is 0 Å². The molecule has 1 aliphatic rings. The molecule has 2 rings (SSSR count). The second-order valence-corrected chi connectivity index (χ2v) is 5.56. The van der Waals surface area contributed by atoms with E-state index in [1.165, 1.54) is 5.56 Å². The fourth-order valence-electron chi connectivity index (χ4n) is 2.38. The van der Waals surface area contributed by atoms with E-state index >= 15 is 0 Å². The standard InChI is InChI=1S/C15H24N2O/c1-10(2)18-15-6-4-5-12(7-15)11(3)17-14-8-13(16)9-14/h4-7,10-11,13-14,17H,8-9,16H2,1-3H3. The Labute approximate surface area is 110 Å². The van der Waals surface area contributed by atoms with Gasteiger partial charge in [0.05, 0.1) is 6.10 Å². The van der Waals surface area contributed by atoms with Gasteiger partial charge in [-0.2, -0.15) is 0 Å². The molecule has 0 spiro atoms. The van der Waals surface area contributed by atoms with Crippen LogP contribution in [-0.4, -0.2) is 18.2 Å². The zero-order chi connectivity index (χ0) is 13.1. The van der Waals surface area contributed by atoms with E-state index in [1.807, 2.05) is 19.9 Å². The molecule has 3 heteroatoms. The SMILES string of the molecule is CC(C)Oc1cccc(C(C)NC2CC(N)C2)c1. The maximum absolute atomic E-state index is 5.80. The van der Waals surface area contributed by atoms with Crippen molar-refractivity contribution in [3.05, 3.63) is 29.8 Å². The minimum absolute atomic E-state index is 0.216. The first kappa shape index (κ1) is 13.4. The number of nitrogens with one attached hydrogen (secondary N) is 1. The van der Waals surface area contributed by atoms with Crippen molar-refractivity contribution in [2.24, 2.45) is 5.73 Å². The van der Waals surface area contributed by atoms with Crippen LogP contribution in [0.5, 0.6) is 5.75 Å². The molecular formula is C15H24N2O. The first-order chi connectivity index (χ1) is 8.54. The lowest BCUT2D eigenvalue weighted by Crippen LogP contribution is -2.49. The molecule has 0 bridgehead atoms. The van der Waals surface area contributed by atoms with Gasteiger partial charge in [0.25, 0.3) is 0 Å². The lowest BCUT2D eigenvalue weighted by atomic mass is 9.87. The smallest absolute Gasteiger partial charge is 0.120 e. The summed E-state index contributed by atoms with van der Waals surface area (Å²) in [5.41, 5.74) is 7.07. The highest BCUT2D eigenvalue weighted by atomic mass is 16.5. The lowest BCUT2D eigenvalue weighted by molar-refractivity contribution is 0.241. The summed E-state index contributed by atoms with van der Waals surface area (Å²) in [7, 11) is 0. The maximum atomic E-state index is 5.80. The quantitative estimate of drug-likeness (QED) is 0.842. The Balaban J connectivity index is 1.94. The largest absolute Gasteiger partial charge is 0.491 e. The van der Waals surface area contributed by atoms with Crippen LogP contribution in [0.25, 0.3) is 0 Å². The molecule has 3 nitrogen and oxygen atoms in total. The second kappa shape index (κ2) is 5.72. The highest BCUT2D eigenvalue weighted by Gasteiger charge is 2.26. The summed E-state index contributed by atoms with van der Waals surface area (Å²) in [5.74, 6) is 0.946. The van der Waals surface area contributed by atoms with Crippen LogP contribution in [0, 0.1) is 0 Å². The summed E-state index contributed by atoms with van der Waals surface area (Å²) in [6, 6.07) is 9.64. The summed E-state index contributed by atoms with van der Waals surface area (Å²) in [6.45, 7) is 6.28. The number of rotatable bonds is 5. The molecule has 0 saturated heterocycles. The van der Waals surface area contributed by atoms with Gasteiger partial charge in [-0.3, -0.25) is 0 Å². The monoisotopic (exact) mass is 248 g/mol. The number of hydrogen-bond acceptors (Lipinski definition) is 3. The van der Waals surface area contributed by atoms with Crippen LogP contribution in [0.1, 0.15) is 45.2 Å².